The molecule has 1 rings (SSSR count). The molecule has 0 spiro atoms. The first-order valence-electron chi connectivity index (χ1n) is 6.14. The van der Waals surface area contributed by atoms with Crippen LogP contribution < -0.4 is 5.32 Å². The molecule has 0 amide bonds. The normalized spacial score (nSPS) is 20.2. The number of hydrogen-bond donors (Lipinski definition) is 1. The summed E-state index contributed by atoms with van der Waals surface area (Å²) >= 11 is 0. The van der Waals surface area contributed by atoms with Crippen LogP contribution in [0.4, 0.5) is 0 Å². The summed E-state index contributed by atoms with van der Waals surface area (Å²) in [7, 11) is 1.72. The highest BCUT2D eigenvalue weighted by Gasteiger charge is 2.22. The Balaban J connectivity index is 2.14. The first-order chi connectivity index (χ1) is 7.26. The van der Waals surface area contributed by atoms with Gasteiger partial charge in [-0.3, -0.25) is 0 Å². The van der Waals surface area contributed by atoms with Gasteiger partial charge in [0.1, 0.15) is 0 Å². The third kappa shape index (κ3) is 6.13. The topological polar surface area (TPSA) is 30.5 Å². The van der Waals surface area contributed by atoms with Gasteiger partial charge in [-0.1, -0.05) is 13.3 Å². The van der Waals surface area contributed by atoms with Crippen LogP contribution in [0.2, 0.25) is 0 Å². The molecular formula is C12H25NO2. The van der Waals surface area contributed by atoms with E-state index < -0.39 is 0 Å². The van der Waals surface area contributed by atoms with Crippen molar-refractivity contribution in [2.75, 3.05) is 20.3 Å². The SMILES string of the molecule is CCCC(CNC1CC1)OC(C)COC. The predicted molar refractivity (Wildman–Crippen MR) is 62.1 cm³/mol. The molecule has 0 aliphatic heterocycles. The summed E-state index contributed by atoms with van der Waals surface area (Å²) in [6.07, 6.45) is 5.54. The van der Waals surface area contributed by atoms with Gasteiger partial charge < -0.3 is 14.8 Å². The van der Waals surface area contributed by atoms with Crippen LogP contribution in [0.25, 0.3) is 0 Å². The van der Waals surface area contributed by atoms with Crippen LogP contribution in [-0.2, 0) is 9.47 Å². The van der Waals surface area contributed by atoms with Crippen molar-refractivity contribution in [1.82, 2.24) is 5.32 Å². The molecule has 90 valence electrons. The first kappa shape index (κ1) is 12.9. The van der Waals surface area contributed by atoms with Crippen LogP contribution in [-0.4, -0.2) is 38.5 Å². The van der Waals surface area contributed by atoms with E-state index in [2.05, 4.69) is 19.2 Å². The average Bonchev–Trinajstić information content (AvgIpc) is 2.98. The zero-order valence-corrected chi connectivity index (χ0v) is 10.3. The van der Waals surface area contributed by atoms with Crippen molar-refractivity contribution in [2.24, 2.45) is 0 Å². The van der Waals surface area contributed by atoms with E-state index in [4.69, 9.17) is 9.47 Å². The van der Waals surface area contributed by atoms with Crippen LogP contribution in [0, 0.1) is 0 Å². The van der Waals surface area contributed by atoms with Gasteiger partial charge >= 0.3 is 0 Å². The molecule has 0 aromatic carbocycles. The molecule has 0 heterocycles. The maximum absolute atomic E-state index is 5.92. The minimum Gasteiger partial charge on any atom is -0.382 e. The summed E-state index contributed by atoms with van der Waals surface area (Å²) in [6, 6.07) is 0.769. The van der Waals surface area contributed by atoms with Crippen molar-refractivity contribution in [2.45, 2.75) is 57.8 Å². The molecule has 0 bridgehead atoms. The smallest absolute Gasteiger partial charge is 0.0784 e. The zero-order valence-electron chi connectivity index (χ0n) is 10.3. The molecule has 2 atom stereocenters. The lowest BCUT2D eigenvalue weighted by molar-refractivity contribution is -0.0410. The summed E-state index contributed by atoms with van der Waals surface area (Å²) in [5.74, 6) is 0. The quantitative estimate of drug-likeness (QED) is 0.638. The predicted octanol–water partition coefficient (Wildman–Crippen LogP) is 1.96. The molecule has 3 heteroatoms. The molecule has 15 heavy (non-hydrogen) atoms. The minimum absolute atomic E-state index is 0.201. The van der Waals surface area contributed by atoms with Gasteiger partial charge in [0.25, 0.3) is 0 Å². The molecule has 1 saturated carbocycles. The monoisotopic (exact) mass is 215 g/mol. The molecule has 3 nitrogen and oxygen atoms in total. The molecule has 1 aliphatic rings. The Morgan fingerprint density at radius 3 is 2.67 bits per heavy atom. The summed E-state index contributed by atoms with van der Waals surface area (Å²) in [4.78, 5) is 0. The Labute approximate surface area is 93.5 Å². The van der Waals surface area contributed by atoms with Gasteiger partial charge in [-0.2, -0.15) is 0 Å². The van der Waals surface area contributed by atoms with Gasteiger partial charge in [0, 0.05) is 19.7 Å². The second kappa shape index (κ2) is 7.20. The van der Waals surface area contributed by atoms with Gasteiger partial charge in [0.15, 0.2) is 0 Å². The first-order valence-corrected chi connectivity index (χ1v) is 6.14. The third-order valence-corrected chi connectivity index (χ3v) is 2.65. The van der Waals surface area contributed by atoms with Crippen LogP contribution in [0.15, 0.2) is 0 Å². The second-order valence-electron chi connectivity index (χ2n) is 4.50. The summed E-state index contributed by atoms with van der Waals surface area (Å²) in [5.41, 5.74) is 0. The van der Waals surface area contributed by atoms with Crippen molar-refractivity contribution >= 4 is 0 Å². The lowest BCUT2D eigenvalue weighted by Gasteiger charge is -2.22. The Bertz CT molecular complexity index is 160. The maximum atomic E-state index is 5.92. The summed E-state index contributed by atoms with van der Waals surface area (Å²) < 4.78 is 11.0. The summed E-state index contributed by atoms with van der Waals surface area (Å²) in [6.45, 7) is 5.95. The van der Waals surface area contributed by atoms with Crippen molar-refractivity contribution in [3.8, 4) is 0 Å². The Morgan fingerprint density at radius 2 is 2.13 bits per heavy atom. The lowest BCUT2D eigenvalue weighted by atomic mass is 10.2. The average molecular weight is 215 g/mol. The van der Waals surface area contributed by atoms with Gasteiger partial charge in [-0.25, -0.2) is 0 Å². The fourth-order valence-corrected chi connectivity index (χ4v) is 1.73. The molecule has 0 saturated heterocycles. The number of rotatable bonds is 9. The highest BCUT2D eigenvalue weighted by Crippen LogP contribution is 2.19. The molecular weight excluding hydrogens is 190 g/mol. The minimum atomic E-state index is 0.201. The van der Waals surface area contributed by atoms with E-state index in [9.17, 15) is 0 Å². The van der Waals surface area contributed by atoms with Gasteiger partial charge in [-0.05, 0) is 26.2 Å². The van der Waals surface area contributed by atoms with Gasteiger partial charge in [0.05, 0.1) is 18.8 Å². The standard InChI is InChI=1S/C12H25NO2/c1-4-5-12(8-13-11-6-7-11)15-10(2)9-14-3/h10-13H,4-9H2,1-3H3. The highest BCUT2D eigenvalue weighted by molar-refractivity contribution is 4.82. The van der Waals surface area contributed by atoms with E-state index in [0.29, 0.717) is 12.7 Å². The largest absolute Gasteiger partial charge is 0.382 e. The van der Waals surface area contributed by atoms with Crippen LogP contribution in [0.3, 0.4) is 0 Å². The molecule has 1 N–H and O–H groups in total. The van der Waals surface area contributed by atoms with Crippen molar-refractivity contribution in [3.05, 3.63) is 0 Å². The third-order valence-electron chi connectivity index (χ3n) is 2.65. The highest BCUT2D eigenvalue weighted by atomic mass is 16.5. The zero-order chi connectivity index (χ0) is 11.1. The lowest BCUT2D eigenvalue weighted by Crippen LogP contribution is -2.34. The molecule has 1 fully saturated rings. The molecule has 0 aromatic heterocycles. The molecule has 1 aliphatic carbocycles. The van der Waals surface area contributed by atoms with Crippen LogP contribution >= 0.6 is 0 Å². The van der Waals surface area contributed by atoms with Crippen LogP contribution in [0.5, 0.6) is 0 Å². The molecule has 2 unspecified atom stereocenters. The van der Waals surface area contributed by atoms with E-state index in [1.165, 1.54) is 19.3 Å². The number of methoxy groups -OCH3 is 1. The van der Waals surface area contributed by atoms with Gasteiger partial charge in [0.2, 0.25) is 0 Å². The fraction of sp³-hybridized carbons (Fsp3) is 1.00. The number of hydrogen-bond acceptors (Lipinski definition) is 3. The Morgan fingerprint density at radius 1 is 1.40 bits per heavy atom. The number of nitrogens with one attached hydrogen (secondary N) is 1. The molecule has 0 aromatic rings. The van der Waals surface area contributed by atoms with Crippen molar-refractivity contribution < 1.29 is 9.47 Å². The maximum Gasteiger partial charge on any atom is 0.0784 e. The van der Waals surface area contributed by atoms with E-state index in [1.54, 1.807) is 7.11 Å². The van der Waals surface area contributed by atoms with Gasteiger partial charge in [-0.15, -0.1) is 0 Å². The van der Waals surface area contributed by atoms with E-state index in [0.717, 1.165) is 19.0 Å². The molecule has 0 radical (unpaired) electrons. The second-order valence-corrected chi connectivity index (χ2v) is 4.50. The fourth-order valence-electron chi connectivity index (χ4n) is 1.73. The van der Waals surface area contributed by atoms with E-state index in [-0.39, 0.29) is 6.10 Å². The Kier molecular flexibility index (Phi) is 6.22. The van der Waals surface area contributed by atoms with Crippen molar-refractivity contribution in [1.29, 1.82) is 0 Å². The van der Waals surface area contributed by atoms with Crippen molar-refractivity contribution in [3.63, 3.8) is 0 Å². The van der Waals surface area contributed by atoms with E-state index in [1.807, 2.05) is 0 Å². The van der Waals surface area contributed by atoms with Crippen LogP contribution in [0.1, 0.15) is 39.5 Å². The van der Waals surface area contributed by atoms with E-state index >= 15 is 0 Å². The summed E-state index contributed by atoms with van der Waals surface area (Å²) in [5, 5.41) is 3.52. The Hall–Kier alpha value is -0.120. The number of ether oxygens (including phenoxy) is 2.